The van der Waals surface area contributed by atoms with Gasteiger partial charge in [0, 0.05) is 43.4 Å². The zero-order chi connectivity index (χ0) is 19.4. The molecule has 0 aromatic heterocycles. The minimum Gasteiger partial charge on any atom is -0.491 e. The molecule has 0 unspecified atom stereocenters. The zero-order valence-electron chi connectivity index (χ0n) is 16.4. The third kappa shape index (κ3) is 5.38. The number of anilines is 1. The molecule has 2 aromatic rings. The molecule has 1 fully saturated rings. The molecule has 0 radical (unpaired) electrons. The SMILES string of the molecule is Cc1ccc(OC[C@H](O)CN2CCN(c3cc(Cl)ccc3C)CC2)c(C)c1. The van der Waals surface area contributed by atoms with Crippen molar-refractivity contribution in [2.45, 2.75) is 26.9 Å². The van der Waals surface area contributed by atoms with E-state index in [-0.39, 0.29) is 0 Å². The summed E-state index contributed by atoms with van der Waals surface area (Å²) < 4.78 is 5.81. The molecular formula is C22H29ClN2O2. The predicted molar refractivity (Wildman–Crippen MR) is 112 cm³/mol. The standard InChI is InChI=1S/C22H29ClN2O2/c1-16-4-7-22(18(3)12-16)27-15-20(26)14-24-8-10-25(11-9-24)21-13-19(23)6-5-17(21)2/h4-7,12-13,20,26H,8-11,14-15H2,1-3H3/t20-/m1/s1. The topological polar surface area (TPSA) is 35.9 Å². The maximum absolute atomic E-state index is 10.4. The molecule has 0 spiro atoms. The number of β-amino-alcohol motifs (C(OH)–C–C–N with tert-alkyl or cyclic N) is 1. The quantitative estimate of drug-likeness (QED) is 0.815. The van der Waals surface area contributed by atoms with Gasteiger partial charge in [-0.25, -0.2) is 0 Å². The van der Waals surface area contributed by atoms with Crippen LogP contribution >= 0.6 is 11.6 Å². The van der Waals surface area contributed by atoms with Gasteiger partial charge in [0.1, 0.15) is 18.5 Å². The van der Waals surface area contributed by atoms with Gasteiger partial charge in [0.05, 0.1) is 0 Å². The average Bonchev–Trinajstić information content (AvgIpc) is 2.64. The van der Waals surface area contributed by atoms with E-state index in [2.05, 4.69) is 35.8 Å². The van der Waals surface area contributed by atoms with Gasteiger partial charge in [-0.2, -0.15) is 0 Å². The second-order valence-corrected chi connectivity index (χ2v) is 7.89. The molecule has 0 amide bonds. The molecule has 1 aliphatic heterocycles. The van der Waals surface area contributed by atoms with Crippen molar-refractivity contribution in [2.24, 2.45) is 0 Å². The molecule has 27 heavy (non-hydrogen) atoms. The number of piperazine rings is 1. The number of halogens is 1. The number of benzene rings is 2. The summed E-state index contributed by atoms with van der Waals surface area (Å²) in [4.78, 5) is 4.67. The molecule has 1 aliphatic rings. The van der Waals surface area contributed by atoms with Crippen molar-refractivity contribution < 1.29 is 9.84 Å². The van der Waals surface area contributed by atoms with Crippen LogP contribution in [-0.4, -0.2) is 55.4 Å². The first-order valence-electron chi connectivity index (χ1n) is 9.54. The fourth-order valence-corrected chi connectivity index (χ4v) is 3.76. The maximum Gasteiger partial charge on any atom is 0.122 e. The molecule has 0 bridgehead atoms. The van der Waals surface area contributed by atoms with Gasteiger partial charge in [-0.05, 0) is 50.1 Å². The molecule has 1 N–H and O–H groups in total. The Bertz CT molecular complexity index is 773. The van der Waals surface area contributed by atoms with E-state index in [1.165, 1.54) is 16.8 Å². The molecule has 3 rings (SSSR count). The van der Waals surface area contributed by atoms with E-state index in [9.17, 15) is 5.11 Å². The van der Waals surface area contributed by atoms with Crippen LogP contribution in [0.2, 0.25) is 5.02 Å². The first-order valence-corrected chi connectivity index (χ1v) is 9.92. The molecular weight excluding hydrogens is 360 g/mol. The molecule has 146 valence electrons. The summed E-state index contributed by atoms with van der Waals surface area (Å²) in [7, 11) is 0. The van der Waals surface area contributed by atoms with Crippen LogP contribution in [0, 0.1) is 20.8 Å². The second-order valence-electron chi connectivity index (χ2n) is 7.45. The van der Waals surface area contributed by atoms with Gasteiger partial charge in [-0.1, -0.05) is 35.4 Å². The van der Waals surface area contributed by atoms with Gasteiger partial charge in [-0.15, -0.1) is 0 Å². The van der Waals surface area contributed by atoms with Crippen molar-refractivity contribution >= 4 is 17.3 Å². The highest BCUT2D eigenvalue weighted by atomic mass is 35.5. The number of aliphatic hydroxyl groups excluding tert-OH is 1. The fourth-order valence-electron chi connectivity index (χ4n) is 3.59. The van der Waals surface area contributed by atoms with Crippen LogP contribution in [0.5, 0.6) is 5.75 Å². The molecule has 4 nitrogen and oxygen atoms in total. The van der Waals surface area contributed by atoms with E-state index in [1.807, 2.05) is 31.2 Å². The predicted octanol–water partition coefficient (Wildman–Crippen LogP) is 3.83. The van der Waals surface area contributed by atoms with Crippen LogP contribution < -0.4 is 9.64 Å². The molecule has 5 heteroatoms. The van der Waals surface area contributed by atoms with Gasteiger partial charge in [0.15, 0.2) is 0 Å². The van der Waals surface area contributed by atoms with E-state index in [4.69, 9.17) is 16.3 Å². The lowest BCUT2D eigenvalue weighted by Gasteiger charge is -2.37. The van der Waals surface area contributed by atoms with Gasteiger partial charge < -0.3 is 14.7 Å². The van der Waals surface area contributed by atoms with Crippen molar-refractivity contribution in [3.8, 4) is 5.75 Å². The maximum atomic E-state index is 10.4. The lowest BCUT2D eigenvalue weighted by Crippen LogP contribution is -2.49. The van der Waals surface area contributed by atoms with Crippen molar-refractivity contribution in [1.29, 1.82) is 0 Å². The van der Waals surface area contributed by atoms with E-state index < -0.39 is 6.10 Å². The Labute approximate surface area is 167 Å². The molecule has 2 aromatic carbocycles. The highest BCUT2D eigenvalue weighted by Gasteiger charge is 2.21. The number of nitrogens with zero attached hydrogens (tertiary/aromatic N) is 2. The van der Waals surface area contributed by atoms with Crippen molar-refractivity contribution in [3.05, 3.63) is 58.1 Å². The van der Waals surface area contributed by atoms with Crippen LogP contribution in [-0.2, 0) is 0 Å². The number of hydrogen-bond donors (Lipinski definition) is 1. The van der Waals surface area contributed by atoms with Gasteiger partial charge in [0.25, 0.3) is 0 Å². The van der Waals surface area contributed by atoms with Crippen LogP contribution in [0.3, 0.4) is 0 Å². The van der Waals surface area contributed by atoms with Crippen molar-refractivity contribution in [3.63, 3.8) is 0 Å². The number of aliphatic hydroxyl groups is 1. The van der Waals surface area contributed by atoms with E-state index in [0.29, 0.717) is 13.2 Å². The smallest absolute Gasteiger partial charge is 0.122 e. The summed E-state index contributed by atoms with van der Waals surface area (Å²) in [5, 5.41) is 11.1. The monoisotopic (exact) mass is 388 g/mol. The van der Waals surface area contributed by atoms with Crippen LogP contribution in [0.25, 0.3) is 0 Å². The first kappa shape index (κ1) is 20.0. The zero-order valence-corrected chi connectivity index (χ0v) is 17.2. The third-order valence-corrected chi connectivity index (χ3v) is 5.35. The Morgan fingerprint density at radius 2 is 1.74 bits per heavy atom. The molecule has 1 heterocycles. The Balaban J connectivity index is 1.46. The minimum absolute atomic E-state index is 0.317. The normalized spacial score (nSPS) is 16.4. The Morgan fingerprint density at radius 3 is 2.44 bits per heavy atom. The fraction of sp³-hybridized carbons (Fsp3) is 0.455. The average molecular weight is 389 g/mol. The first-order chi connectivity index (χ1) is 12.9. The summed E-state index contributed by atoms with van der Waals surface area (Å²) >= 11 is 6.15. The second kappa shape index (κ2) is 8.96. The van der Waals surface area contributed by atoms with Gasteiger partial charge in [0.2, 0.25) is 0 Å². The van der Waals surface area contributed by atoms with E-state index >= 15 is 0 Å². The molecule has 1 saturated heterocycles. The van der Waals surface area contributed by atoms with Crippen molar-refractivity contribution in [1.82, 2.24) is 4.90 Å². The summed E-state index contributed by atoms with van der Waals surface area (Å²) in [5.41, 5.74) is 4.77. The van der Waals surface area contributed by atoms with Crippen molar-refractivity contribution in [2.75, 3.05) is 44.2 Å². The van der Waals surface area contributed by atoms with Gasteiger partial charge in [-0.3, -0.25) is 4.90 Å². The Hall–Kier alpha value is -1.75. The number of ether oxygens (including phenoxy) is 1. The summed E-state index contributed by atoms with van der Waals surface area (Å²) in [6, 6.07) is 12.1. The van der Waals surface area contributed by atoms with E-state index in [1.54, 1.807) is 0 Å². The van der Waals surface area contributed by atoms with Crippen LogP contribution in [0.1, 0.15) is 16.7 Å². The van der Waals surface area contributed by atoms with Crippen LogP contribution in [0.15, 0.2) is 36.4 Å². The summed E-state index contributed by atoms with van der Waals surface area (Å²) in [6.45, 7) is 10.9. The van der Waals surface area contributed by atoms with E-state index in [0.717, 1.165) is 42.5 Å². The number of aryl methyl sites for hydroxylation is 3. The molecule has 1 atom stereocenters. The lowest BCUT2D eigenvalue weighted by molar-refractivity contribution is 0.0661. The largest absolute Gasteiger partial charge is 0.491 e. The highest BCUT2D eigenvalue weighted by molar-refractivity contribution is 6.30. The van der Waals surface area contributed by atoms with Crippen LogP contribution in [0.4, 0.5) is 5.69 Å². The Kier molecular flexibility index (Phi) is 6.64. The number of hydrogen-bond acceptors (Lipinski definition) is 4. The highest BCUT2D eigenvalue weighted by Crippen LogP contribution is 2.25. The van der Waals surface area contributed by atoms with Gasteiger partial charge >= 0.3 is 0 Å². The summed E-state index contributed by atoms with van der Waals surface area (Å²) in [6.07, 6.45) is -0.495. The third-order valence-electron chi connectivity index (χ3n) is 5.11. The molecule has 0 saturated carbocycles. The number of rotatable bonds is 6. The lowest BCUT2D eigenvalue weighted by atomic mass is 10.1. The molecule has 0 aliphatic carbocycles. The minimum atomic E-state index is -0.495. The summed E-state index contributed by atoms with van der Waals surface area (Å²) in [5.74, 6) is 0.848. The Morgan fingerprint density at radius 1 is 1.00 bits per heavy atom.